The van der Waals surface area contributed by atoms with Gasteiger partial charge in [0, 0.05) is 18.9 Å². The standard InChI is InChI=1S/C15H25NO5/c1-4-5-8-19-12-9-10-6-7-11-13(14(17)18-3)21-16(20-12)15(10,11)2/h10-13H,4-9H2,1-3H3/t10-,11+,12-,13-,15+/m0/s1. The van der Waals surface area contributed by atoms with Gasteiger partial charge >= 0.3 is 5.97 Å². The minimum absolute atomic E-state index is 0.131. The molecular formula is C15H25NO5. The van der Waals surface area contributed by atoms with E-state index in [4.69, 9.17) is 19.1 Å². The lowest BCUT2D eigenvalue weighted by molar-refractivity contribution is -0.458. The molecule has 0 aromatic heterocycles. The Labute approximate surface area is 125 Å². The molecule has 0 spiro atoms. The van der Waals surface area contributed by atoms with Gasteiger partial charge in [-0.2, -0.15) is 0 Å². The average molecular weight is 299 g/mol. The molecule has 2 heterocycles. The third-order valence-electron chi connectivity index (χ3n) is 5.30. The Morgan fingerprint density at radius 3 is 2.90 bits per heavy atom. The van der Waals surface area contributed by atoms with Crippen molar-refractivity contribution in [2.24, 2.45) is 11.8 Å². The molecule has 0 unspecified atom stereocenters. The van der Waals surface area contributed by atoms with Gasteiger partial charge in [-0.3, -0.25) is 4.84 Å². The Bertz CT molecular complexity index is 404. The second-order valence-electron chi connectivity index (χ2n) is 6.41. The molecule has 0 amide bonds. The number of rotatable bonds is 5. The zero-order valence-corrected chi connectivity index (χ0v) is 13.0. The minimum atomic E-state index is -0.556. The highest BCUT2D eigenvalue weighted by Gasteiger charge is 2.65. The van der Waals surface area contributed by atoms with E-state index in [1.807, 2.05) is 0 Å². The molecule has 2 aliphatic heterocycles. The molecule has 6 nitrogen and oxygen atoms in total. The average Bonchev–Trinajstić information content (AvgIpc) is 2.97. The van der Waals surface area contributed by atoms with Crippen LogP contribution in [0.4, 0.5) is 0 Å². The molecule has 0 radical (unpaired) electrons. The SMILES string of the molecule is CCCCO[C@@H]1C[C@@H]2CC[C@@H]3[C@@H](C(=O)OC)ON(O1)[C@]23C. The van der Waals surface area contributed by atoms with E-state index in [-0.39, 0.29) is 23.7 Å². The molecule has 5 atom stereocenters. The predicted octanol–water partition coefficient (Wildman–Crippen LogP) is 2.04. The van der Waals surface area contributed by atoms with Gasteiger partial charge in [-0.1, -0.05) is 18.6 Å². The second-order valence-corrected chi connectivity index (χ2v) is 6.41. The maximum atomic E-state index is 11.9. The highest BCUT2D eigenvalue weighted by Crippen LogP contribution is 2.56. The van der Waals surface area contributed by atoms with Crippen molar-refractivity contribution < 1.29 is 23.9 Å². The second kappa shape index (κ2) is 5.83. The van der Waals surface area contributed by atoms with E-state index in [1.165, 1.54) is 12.3 Å². The molecule has 21 heavy (non-hydrogen) atoms. The third kappa shape index (κ3) is 2.38. The first kappa shape index (κ1) is 15.2. The third-order valence-corrected chi connectivity index (χ3v) is 5.30. The number of unbranched alkanes of at least 4 members (excludes halogenated alkanes) is 1. The van der Waals surface area contributed by atoms with Crippen LogP contribution in [0.1, 0.15) is 46.0 Å². The number of hydrogen-bond donors (Lipinski definition) is 0. The maximum absolute atomic E-state index is 11.9. The fourth-order valence-corrected chi connectivity index (χ4v) is 3.96. The fraction of sp³-hybridized carbons (Fsp3) is 0.933. The number of carbonyl (C=O) groups is 1. The van der Waals surface area contributed by atoms with Crippen LogP contribution in [0.3, 0.4) is 0 Å². The summed E-state index contributed by atoms with van der Waals surface area (Å²) in [5, 5.41) is 1.54. The minimum Gasteiger partial charge on any atom is -0.467 e. The summed E-state index contributed by atoms with van der Waals surface area (Å²) in [6.45, 7) is 4.96. The summed E-state index contributed by atoms with van der Waals surface area (Å²) >= 11 is 0. The number of nitrogens with zero attached hydrogens (tertiary/aromatic N) is 1. The molecule has 0 aromatic carbocycles. The van der Waals surface area contributed by atoms with Crippen molar-refractivity contribution in [3.05, 3.63) is 0 Å². The van der Waals surface area contributed by atoms with E-state index in [9.17, 15) is 4.79 Å². The zero-order valence-electron chi connectivity index (χ0n) is 13.0. The Balaban J connectivity index is 1.71. The van der Waals surface area contributed by atoms with Crippen molar-refractivity contribution in [1.29, 1.82) is 0 Å². The molecule has 3 rings (SSSR count). The molecule has 2 saturated heterocycles. The molecule has 0 N–H and O–H groups in total. The van der Waals surface area contributed by atoms with Crippen molar-refractivity contribution in [2.75, 3.05) is 13.7 Å². The number of ether oxygens (including phenoxy) is 2. The quantitative estimate of drug-likeness (QED) is 0.572. The molecule has 1 saturated carbocycles. The summed E-state index contributed by atoms with van der Waals surface area (Å²) in [6.07, 6.45) is 4.19. The molecular weight excluding hydrogens is 274 g/mol. The number of hydrogen-bond acceptors (Lipinski definition) is 6. The van der Waals surface area contributed by atoms with Crippen LogP contribution in [-0.2, 0) is 23.9 Å². The number of hydroxylamine groups is 2. The monoisotopic (exact) mass is 299 g/mol. The largest absolute Gasteiger partial charge is 0.467 e. The van der Waals surface area contributed by atoms with Crippen molar-refractivity contribution >= 4 is 5.97 Å². The molecule has 120 valence electrons. The Morgan fingerprint density at radius 2 is 2.19 bits per heavy atom. The van der Waals surface area contributed by atoms with Crippen LogP contribution in [0.2, 0.25) is 0 Å². The van der Waals surface area contributed by atoms with Crippen LogP contribution in [0.25, 0.3) is 0 Å². The van der Waals surface area contributed by atoms with E-state index in [2.05, 4.69) is 13.8 Å². The van der Waals surface area contributed by atoms with E-state index in [0.29, 0.717) is 12.5 Å². The van der Waals surface area contributed by atoms with Crippen LogP contribution in [-0.4, -0.2) is 42.8 Å². The topological polar surface area (TPSA) is 57.2 Å². The smallest absolute Gasteiger partial charge is 0.337 e. The maximum Gasteiger partial charge on any atom is 0.337 e. The van der Waals surface area contributed by atoms with Gasteiger partial charge in [0.1, 0.15) is 0 Å². The number of carbonyl (C=O) groups excluding carboxylic acids is 1. The Morgan fingerprint density at radius 1 is 1.38 bits per heavy atom. The summed E-state index contributed by atoms with van der Waals surface area (Å²) in [5.41, 5.74) is -0.247. The lowest BCUT2D eigenvalue weighted by Gasteiger charge is -2.43. The first-order valence-electron chi connectivity index (χ1n) is 7.94. The number of methoxy groups -OCH3 is 1. The molecule has 0 bridgehead atoms. The molecule has 1 aliphatic carbocycles. The van der Waals surface area contributed by atoms with Gasteiger partial charge in [0.15, 0.2) is 12.4 Å². The van der Waals surface area contributed by atoms with Gasteiger partial charge in [-0.25, -0.2) is 9.63 Å². The van der Waals surface area contributed by atoms with Crippen molar-refractivity contribution in [3.63, 3.8) is 0 Å². The zero-order chi connectivity index (χ0) is 15.0. The number of esters is 1. The lowest BCUT2D eigenvalue weighted by Crippen LogP contribution is -2.54. The normalized spacial score (nSPS) is 42.0. The van der Waals surface area contributed by atoms with Crippen molar-refractivity contribution in [2.45, 2.75) is 63.9 Å². The Kier molecular flexibility index (Phi) is 4.23. The summed E-state index contributed by atoms with van der Waals surface area (Å²) in [6, 6.07) is 0. The first-order chi connectivity index (χ1) is 10.1. The van der Waals surface area contributed by atoms with E-state index in [1.54, 1.807) is 0 Å². The predicted molar refractivity (Wildman–Crippen MR) is 73.7 cm³/mol. The summed E-state index contributed by atoms with van der Waals surface area (Å²) < 4.78 is 10.7. The first-order valence-corrected chi connectivity index (χ1v) is 7.94. The van der Waals surface area contributed by atoms with Crippen molar-refractivity contribution in [1.82, 2.24) is 5.23 Å². The fourth-order valence-electron chi connectivity index (χ4n) is 3.96. The van der Waals surface area contributed by atoms with Gasteiger partial charge in [-0.05, 0) is 32.1 Å². The molecule has 6 heteroatoms. The van der Waals surface area contributed by atoms with Gasteiger partial charge < -0.3 is 9.47 Å². The highest BCUT2D eigenvalue weighted by molar-refractivity contribution is 5.75. The Hall–Kier alpha value is -0.690. The van der Waals surface area contributed by atoms with Crippen LogP contribution >= 0.6 is 0 Å². The summed E-state index contributed by atoms with van der Waals surface area (Å²) in [4.78, 5) is 23.5. The van der Waals surface area contributed by atoms with E-state index >= 15 is 0 Å². The summed E-state index contributed by atoms with van der Waals surface area (Å²) in [5.74, 6) is 0.243. The van der Waals surface area contributed by atoms with Crippen LogP contribution in [0, 0.1) is 11.8 Å². The van der Waals surface area contributed by atoms with Crippen LogP contribution in [0.15, 0.2) is 0 Å². The van der Waals surface area contributed by atoms with Gasteiger partial charge in [0.2, 0.25) is 0 Å². The van der Waals surface area contributed by atoms with Crippen molar-refractivity contribution in [3.8, 4) is 0 Å². The van der Waals surface area contributed by atoms with Gasteiger partial charge in [0.25, 0.3) is 0 Å². The van der Waals surface area contributed by atoms with Gasteiger partial charge in [0.05, 0.1) is 12.6 Å². The van der Waals surface area contributed by atoms with E-state index < -0.39 is 6.10 Å². The molecule has 3 fully saturated rings. The van der Waals surface area contributed by atoms with Crippen LogP contribution < -0.4 is 0 Å². The molecule has 3 aliphatic rings. The summed E-state index contributed by atoms with van der Waals surface area (Å²) in [7, 11) is 1.40. The van der Waals surface area contributed by atoms with Crippen LogP contribution in [0.5, 0.6) is 0 Å². The lowest BCUT2D eigenvalue weighted by atomic mass is 9.79. The highest BCUT2D eigenvalue weighted by atomic mass is 17.0. The van der Waals surface area contributed by atoms with Gasteiger partial charge in [-0.15, -0.1) is 0 Å². The van der Waals surface area contributed by atoms with E-state index in [0.717, 1.165) is 32.1 Å². The molecule has 0 aromatic rings.